The first-order chi connectivity index (χ1) is 8.98. The van der Waals surface area contributed by atoms with Gasteiger partial charge in [0, 0.05) is 11.6 Å². The van der Waals surface area contributed by atoms with Crippen LogP contribution in [0.4, 0.5) is 0 Å². The molecule has 0 aromatic heterocycles. The number of hydrogen-bond acceptors (Lipinski definition) is 2. The zero-order valence-electron chi connectivity index (χ0n) is 12.8. The van der Waals surface area contributed by atoms with E-state index in [0.717, 1.165) is 5.75 Å². The molecule has 0 spiro atoms. The van der Waals surface area contributed by atoms with Gasteiger partial charge in [-0.25, -0.2) is 0 Å². The van der Waals surface area contributed by atoms with Crippen LogP contribution in [0.2, 0.25) is 0 Å². The van der Waals surface area contributed by atoms with Gasteiger partial charge >= 0.3 is 0 Å². The Balaban J connectivity index is 2.40. The summed E-state index contributed by atoms with van der Waals surface area (Å²) >= 11 is 0. The van der Waals surface area contributed by atoms with Crippen LogP contribution in [-0.2, 0) is 0 Å². The van der Waals surface area contributed by atoms with Crippen molar-refractivity contribution >= 4 is 0 Å². The Bertz CT molecular complexity index is 447. The number of ether oxygens (including phenoxy) is 1. The van der Waals surface area contributed by atoms with Gasteiger partial charge in [-0.3, -0.25) is 0 Å². The van der Waals surface area contributed by atoms with E-state index < -0.39 is 0 Å². The Morgan fingerprint density at radius 2 is 1.79 bits per heavy atom. The molecule has 2 heteroatoms. The SMILES string of the molecule is COc1cc(C)cc(C)c1C(N)C1(C)CCCCC1. The topological polar surface area (TPSA) is 35.2 Å². The molecule has 1 aromatic rings. The first-order valence-electron chi connectivity index (χ1n) is 7.38. The fraction of sp³-hybridized carbons (Fsp3) is 0.647. The lowest BCUT2D eigenvalue weighted by molar-refractivity contribution is 0.167. The minimum atomic E-state index is 0.0725. The monoisotopic (exact) mass is 261 g/mol. The van der Waals surface area contributed by atoms with Crippen molar-refractivity contribution in [2.24, 2.45) is 11.1 Å². The molecule has 0 aliphatic heterocycles. The molecule has 1 saturated carbocycles. The highest BCUT2D eigenvalue weighted by Crippen LogP contribution is 2.47. The van der Waals surface area contributed by atoms with E-state index in [9.17, 15) is 0 Å². The third-order valence-corrected chi connectivity index (χ3v) is 4.77. The van der Waals surface area contributed by atoms with Crippen molar-refractivity contribution in [3.8, 4) is 5.75 Å². The smallest absolute Gasteiger partial charge is 0.124 e. The van der Waals surface area contributed by atoms with Gasteiger partial charge in [-0.1, -0.05) is 32.3 Å². The molecular weight excluding hydrogens is 234 g/mol. The van der Waals surface area contributed by atoms with Crippen LogP contribution in [0.3, 0.4) is 0 Å². The zero-order valence-corrected chi connectivity index (χ0v) is 12.8. The molecule has 2 nitrogen and oxygen atoms in total. The maximum Gasteiger partial charge on any atom is 0.124 e. The number of methoxy groups -OCH3 is 1. The average molecular weight is 261 g/mol. The number of rotatable bonds is 3. The lowest BCUT2D eigenvalue weighted by Gasteiger charge is -2.40. The minimum absolute atomic E-state index is 0.0725. The third kappa shape index (κ3) is 2.79. The predicted octanol–water partition coefficient (Wildman–Crippen LogP) is 4.28. The van der Waals surface area contributed by atoms with E-state index in [1.165, 1.54) is 48.8 Å². The summed E-state index contributed by atoms with van der Waals surface area (Å²) in [5.74, 6) is 0.955. The first-order valence-corrected chi connectivity index (χ1v) is 7.38. The molecule has 2 N–H and O–H groups in total. The van der Waals surface area contributed by atoms with Crippen molar-refractivity contribution in [3.05, 3.63) is 28.8 Å². The molecule has 1 fully saturated rings. The Morgan fingerprint density at radius 3 is 2.37 bits per heavy atom. The number of nitrogens with two attached hydrogens (primary N) is 1. The highest BCUT2D eigenvalue weighted by molar-refractivity contribution is 5.45. The molecule has 1 aliphatic rings. The van der Waals surface area contributed by atoms with Gasteiger partial charge in [0.1, 0.15) is 5.75 Å². The van der Waals surface area contributed by atoms with Gasteiger partial charge in [-0.2, -0.15) is 0 Å². The maximum atomic E-state index is 6.65. The zero-order chi connectivity index (χ0) is 14.0. The average Bonchev–Trinajstić information content (AvgIpc) is 2.38. The van der Waals surface area contributed by atoms with Crippen molar-refractivity contribution < 1.29 is 4.74 Å². The lowest BCUT2D eigenvalue weighted by Crippen LogP contribution is -2.34. The minimum Gasteiger partial charge on any atom is -0.496 e. The normalized spacial score (nSPS) is 20.1. The number of benzene rings is 1. The van der Waals surface area contributed by atoms with Crippen LogP contribution in [0.15, 0.2) is 12.1 Å². The lowest BCUT2D eigenvalue weighted by atomic mass is 9.68. The second kappa shape index (κ2) is 5.54. The number of aryl methyl sites for hydroxylation is 2. The standard InChI is InChI=1S/C17H27NO/c1-12-10-13(2)15(14(11-12)19-4)16(18)17(3)8-6-5-7-9-17/h10-11,16H,5-9,18H2,1-4H3. The quantitative estimate of drug-likeness (QED) is 0.881. The Hall–Kier alpha value is -1.02. The van der Waals surface area contributed by atoms with Gasteiger partial charge in [-0.05, 0) is 49.3 Å². The van der Waals surface area contributed by atoms with Crippen molar-refractivity contribution in [1.29, 1.82) is 0 Å². The van der Waals surface area contributed by atoms with E-state index in [1.807, 2.05) is 0 Å². The fourth-order valence-corrected chi connectivity index (χ4v) is 3.53. The van der Waals surface area contributed by atoms with E-state index in [4.69, 9.17) is 10.5 Å². The van der Waals surface area contributed by atoms with Gasteiger partial charge in [0.05, 0.1) is 7.11 Å². The van der Waals surface area contributed by atoms with Crippen LogP contribution in [0.5, 0.6) is 5.75 Å². The second-order valence-corrected chi connectivity index (χ2v) is 6.39. The van der Waals surface area contributed by atoms with Crippen molar-refractivity contribution in [2.45, 2.75) is 58.9 Å². The van der Waals surface area contributed by atoms with E-state index in [0.29, 0.717) is 0 Å². The van der Waals surface area contributed by atoms with Gasteiger partial charge < -0.3 is 10.5 Å². The van der Waals surface area contributed by atoms with Crippen molar-refractivity contribution in [2.75, 3.05) is 7.11 Å². The predicted molar refractivity (Wildman–Crippen MR) is 80.6 cm³/mol. The Labute approximate surface area is 117 Å². The molecule has 106 valence electrons. The molecule has 0 amide bonds. The molecule has 1 unspecified atom stereocenters. The van der Waals surface area contributed by atoms with Crippen LogP contribution in [0, 0.1) is 19.3 Å². The van der Waals surface area contributed by atoms with Crippen molar-refractivity contribution in [1.82, 2.24) is 0 Å². The van der Waals surface area contributed by atoms with Gasteiger partial charge in [0.25, 0.3) is 0 Å². The van der Waals surface area contributed by atoms with Crippen molar-refractivity contribution in [3.63, 3.8) is 0 Å². The summed E-state index contributed by atoms with van der Waals surface area (Å²) < 4.78 is 5.58. The van der Waals surface area contributed by atoms with Gasteiger partial charge in [0.15, 0.2) is 0 Å². The second-order valence-electron chi connectivity index (χ2n) is 6.39. The van der Waals surface area contributed by atoms with E-state index >= 15 is 0 Å². The third-order valence-electron chi connectivity index (χ3n) is 4.77. The summed E-state index contributed by atoms with van der Waals surface area (Å²) in [5, 5.41) is 0. The molecule has 1 atom stereocenters. The molecule has 0 radical (unpaired) electrons. The van der Waals surface area contributed by atoms with Crippen LogP contribution in [0.25, 0.3) is 0 Å². The summed E-state index contributed by atoms with van der Waals surface area (Å²) in [7, 11) is 1.74. The highest BCUT2D eigenvalue weighted by Gasteiger charge is 2.36. The first kappa shape index (κ1) is 14.4. The molecule has 0 heterocycles. The molecular formula is C17H27NO. The molecule has 2 rings (SSSR count). The van der Waals surface area contributed by atoms with Gasteiger partial charge in [0.2, 0.25) is 0 Å². The maximum absolute atomic E-state index is 6.65. The molecule has 1 aromatic carbocycles. The summed E-state index contributed by atoms with van der Waals surface area (Å²) in [5.41, 5.74) is 10.6. The summed E-state index contributed by atoms with van der Waals surface area (Å²) in [4.78, 5) is 0. The largest absolute Gasteiger partial charge is 0.496 e. The van der Waals surface area contributed by atoms with E-state index in [2.05, 4.69) is 32.9 Å². The van der Waals surface area contributed by atoms with Crippen LogP contribution < -0.4 is 10.5 Å². The number of hydrogen-bond donors (Lipinski definition) is 1. The van der Waals surface area contributed by atoms with Gasteiger partial charge in [-0.15, -0.1) is 0 Å². The van der Waals surface area contributed by atoms with Crippen LogP contribution in [-0.4, -0.2) is 7.11 Å². The Morgan fingerprint density at radius 1 is 1.16 bits per heavy atom. The summed E-state index contributed by atoms with van der Waals surface area (Å²) in [6.07, 6.45) is 6.41. The molecule has 1 aliphatic carbocycles. The summed E-state index contributed by atoms with van der Waals surface area (Å²) in [6, 6.07) is 4.39. The van der Waals surface area contributed by atoms with Crippen LogP contribution >= 0.6 is 0 Å². The molecule has 0 saturated heterocycles. The van der Waals surface area contributed by atoms with E-state index in [-0.39, 0.29) is 11.5 Å². The highest BCUT2D eigenvalue weighted by atomic mass is 16.5. The molecule has 0 bridgehead atoms. The fourth-order valence-electron chi connectivity index (χ4n) is 3.53. The van der Waals surface area contributed by atoms with E-state index in [1.54, 1.807) is 7.11 Å². The van der Waals surface area contributed by atoms with Crippen LogP contribution in [0.1, 0.15) is 61.8 Å². The Kier molecular flexibility index (Phi) is 4.19. The summed E-state index contributed by atoms with van der Waals surface area (Å²) in [6.45, 7) is 6.60. The molecule has 19 heavy (non-hydrogen) atoms.